The van der Waals surface area contributed by atoms with Crippen LogP contribution in [0.5, 0.6) is 0 Å². The van der Waals surface area contributed by atoms with E-state index in [2.05, 4.69) is 5.32 Å². The minimum absolute atomic E-state index is 0.159. The smallest absolute Gasteiger partial charge is 0.341 e. The molecule has 5 nitrogen and oxygen atoms in total. The molecule has 6 heteroatoms. The molecule has 0 atom stereocenters. The van der Waals surface area contributed by atoms with E-state index in [-0.39, 0.29) is 23.9 Å². The van der Waals surface area contributed by atoms with E-state index in [1.54, 1.807) is 19.9 Å². The highest BCUT2D eigenvalue weighted by Gasteiger charge is 2.24. The van der Waals surface area contributed by atoms with Crippen LogP contribution in [0.1, 0.15) is 45.0 Å². The van der Waals surface area contributed by atoms with E-state index in [0.29, 0.717) is 15.4 Å². The van der Waals surface area contributed by atoms with Crippen molar-refractivity contribution in [2.24, 2.45) is 0 Å². The molecule has 0 saturated carbocycles. The number of carbonyl (C=O) groups excluding carboxylic acids is 3. The van der Waals surface area contributed by atoms with Crippen LogP contribution in [0.4, 0.5) is 5.00 Å². The number of carbonyl (C=O) groups is 3. The number of thiophene rings is 1. The van der Waals surface area contributed by atoms with Gasteiger partial charge in [0.1, 0.15) is 5.00 Å². The summed E-state index contributed by atoms with van der Waals surface area (Å²) in [5, 5.41) is 3.00. The Bertz CT molecular complexity index is 821. The molecule has 1 aromatic carbocycles. The second-order valence-electron chi connectivity index (χ2n) is 5.27. The number of anilines is 1. The molecule has 1 amide bonds. The fraction of sp³-hybridized carbons (Fsp3) is 0.211. The lowest BCUT2D eigenvalue weighted by atomic mass is 10.1. The molecule has 2 rings (SSSR count). The SMILES string of the molecule is CCOC(=O)c1c(NC(=O)C=Cc2ccccc2)sc(C(C)=O)c1C. The molecule has 130 valence electrons. The predicted octanol–water partition coefficient (Wildman–Crippen LogP) is 4.09. The van der Waals surface area contributed by atoms with E-state index in [1.165, 1.54) is 13.0 Å². The molecule has 0 aliphatic rings. The fourth-order valence-electron chi connectivity index (χ4n) is 2.28. The van der Waals surface area contributed by atoms with Crippen molar-refractivity contribution in [2.45, 2.75) is 20.8 Å². The molecule has 0 bridgehead atoms. The van der Waals surface area contributed by atoms with Gasteiger partial charge >= 0.3 is 5.97 Å². The lowest BCUT2D eigenvalue weighted by molar-refractivity contribution is -0.111. The minimum Gasteiger partial charge on any atom is -0.462 e. The first-order valence-electron chi connectivity index (χ1n) is 7.79. The molecule has 0 unspecified atom stereocenters. The number of esters is 1. The second-order valence-corrected chi connectivity index (χ2v) is 6.29. The molecule has 1 heterocycles. The Kier molecular flexibility index (Phi) is 6.25. The highest BCUT2D eigenvalue weighted by atomic mass is 32.1. The largest absolute Gasteiger partial charge is 0.462 e. The van der Waals surface area contributed by atoms with E-state index in [0.717, 1.165) is 16.9 Å². The summed E-state index contributed by atoms with van der Waals surface area (Å²) in [6.07, 6.45) is 3.05. The zero-order valence-electron chi connectivity index (χ0n) is 14.3. The third kappa shape index (κ3) is 4.64. The average Bonchev–Trinajstić information content (AvgIpc) is 2.90. The van der Waals surface area contributed by atoms with Crippen LogP contribution >= 0.6 is 11.3 Å². The molecule has 0 radical (unpaired) electrons. The molecule has 2 aromatic rings. The number of nitrogens with one attached hydrogen (secondary N) is 1. The number of hydrogen-bond donors (Lipinski definition) is 1. The highest BCUT2D eigenvalue weighted by molar-refractivity contribution is 7.18. The number of ether oxygens (including phenoxy) is 1. The number of amides is 1. The number of Topliss-reactive ketones (excluding diaryl/α,β-unsaturated/α-hetero) is 1. The summed E-state index contributed by atoms with van der Waals surface area (Å²) >= 11 is 1.08. The van der Waals surface area contributed by atoms with Crippen LogP contribution in [-0.2, 0) is 9.53 Å². The zero-order chi connectivity index (χ0) is 18.4. The van der Waals surface area contributed by atoms with Crippen LogP contribution in [0.25, 0.3) is 6.08 Å². The van der Waals surface area contributed by atoms with E-state index in [1.807, 2.05) is 30.3 Å². The summed E-state index contributed by atoms with van der Waals surface area (Å²) in [5.41, 5.74) is 1.65. The van der Waals surface area contributed by atoms with Crippen LogP contribution in [-0.4, -0.2) is 24.3 Å². The molecule has 0 saturated heterocycles. The highest BCUT2D eigenvalue weighted by Crippen LogP contribution is 2.34. The number of benzene rings is 1. The topological polar surface area (TPSA) is 72.5 Å². The van der Waals surface area contributed by atoms with Gasteiger partial charge in [0.15, 0.2) is 5.78 Å². The van der Waals surface area contributed by atoms with Crippen molar-refractivity contribution in [2.75, 3.05) is 11.9 Å². The van der Waals surface area contributed by atoms with Gasteiger partial charge in [0.05, 0.1) is 17.0 Å². The molecule has 1 aromatic heterocycles. The third-order valence-corrected chi connectivity index (χ3v) is 4.72. The van der Waals surface area contributed by atoms with Crippen molar-refractivity contribution < 1.29 is 19.1 Å². The van der Waals surface area contributed by atoms with Crippen molar-refractivity contribution in [1.29, 1.82) is 0 Å². The Labute approximate surface area is 150 Å². The molecule has 0 fully saturated rings. The molecule has 1 N–H and O–H groups in total. The summed E-state index contributed by atoms with van der Waals surface area (Å²) in [7, 11) is 0. The fourth-order valence-corrected chi connectivity index (χ4v) is 3.37. The normalized spacial score (nSPS) is 10.7. The van der Waals surface area contributed by atoms with Crippen molar-refractivity contribution >= 4 is 40.1 Å². The monoisotopic (exact) mass is 357 g/mol. The Morgan fingerprint density at radius 1 is 1.20 bits per heavy atom. The molecular weight excluding hydrogens is 338 g/mol. The van der Waals surface area contributed by atoms with Crippen LogP contribution in [0.2, 0.25) is 0 Å². The number of ketones is 1. The van der Waals surface area contributed by atoms with E-state index in [4.69, 9.17) is 4.74 Å². The summed E-state index contributed by atoms with van der Waals surface area (Å²) in [5.74, 6) is -1.09. The first kappa shape index (κ1) is 18.6. The van der Waals surface area contributed by atoms with Gasteiger partial charge in [-0.25, -0.2) is 4.79 Å². The minimum atomic E-state index is -0.550. The van der Waals surface area contributed by atoms with Gasteiger partial charge in [0.25, 0.3) is 0 Å². The van der Waals surface area contributed by atoms with Gasteiger partial charge in [-0.3, -0.25) is 9.59 Å². The van der Waals surface area contributed by atoms with Gasteiger partial charge in [0.2, 0.25) is 5.91 Å². The third-order valence-electron chi connectivity index (χ3n) is 3.41. The Hall–Kier alpha value is -2.73. The summed E-state index contributed by atoms with van der Waals surface area (Å²) in [6, 6.07) is 9.38. The number of hydrogen-bond acceptors (Lipinski definition) is 5. The van der Waals surface area contributed by atoms with E-state index in [9.17, 15) is 14.4 Å². The van der Waals surface area contributed by atoms with Gasteiger partial charge in [-0.2, -0.15) is 0 Å². The van der Waals surface area contributed by atoms with E-state index < -0.39 is 5.97 Å². The lowest BCUT2D eigenvalue weighted by Gasteiger charge is -2.05. The number of rotatable bonds is 6. The Morgan fingerprint density at radius 2 is 1.88 bits per heavy atom. The summed E-state index contributed by atoms with van der Waals surface area (Å²) in [4.78, 5) is 36.5. The van der Waals surface area contributed by atoms with Gasteiger partial charge < -0.3 is 10.1 Å². The van der Waals surface area contributed by atoms with Gasteiger partial charge in [-0.1, -0.05) is 30.3 Å². The molecule has 0 spiro atoms. The van der Waals surface area contributed by atoms with Crippen LogP contribution in [0, 0.1) is 6.92 Å². The molecule has 25 heavy (non-hydrogen) atoms. The van der Waals surface area contributed by atoms with Gasteiger partial charge in [0, 0.05) is 6.08 Å². The standard InChI is InChI=1S/C19H19NO4S/c1-4-24-19(23)16-12(2)17(13(3)21)25-18(16)20-15(22)11-10-14-8-6-5-7-9-14/h5-11H,4H2,1-3H3,(H,20,22). The van der Waals surface area contributed by atoms with Gasteiger partial charge in [-0.05, 0) is 38.0 Å². The summed E-state index contributed by atoms with van der Waals surface area (Å²) in [6.45, 7) is 5.01. The second kappa shape index (κ2) is 8.39. The molecule has 0 aliphatic carbocycles. The lowest BCUT2D eigenvalue weighted by Crippen LogP contribution is -2.12. The Morgan fingerprint density at radius 3 is 2.48 bits per heavy atom. The van der Waals surface area contributed by atoms with Crippen molar-refractivity contribution in [3.63, 3.8) is 0 Å². The average molecular weight is 357 g/mol. The van der Waals surface area contributed by atoms with Crippen molar-refractivity contribution in [3.8, 4) is 0 Å². The molecular formula is C19H19NO4S. The maximum atomic E-state index is 12.2. The maximum absolute atomic E-state index is 12.2. The van der Waals surface area contributed by atoms with Crippen LogP contribution in [0.15, 0.2) is 36.4 Å². The van der Waals surface area contributed by atoms with Crippen LogP contribution in [0.3, 0.4) is 0 Å². The van der Waals surface area contributed by atoms with Crippen LogP contribution < -0.4 is 5.32 Å². The molecule has 0 aliphatic heterocycles. The quantitative estimate of drug-likeness (QED) is 0.480. The zero-order valence-corrected chi connectivity index (χ0v) is 15.1. The van der Waals surface area contributed by atoms with Crippen molar-refractivity contribution in [3.05, 3.63) is 58.0 Å². The van der Waals surface area contributed by atoms with E-state index >= 15 is 0 Å². The van der Waals surface area contributed by atoms with Gasteiger partial charge in [-0.15, -0.1) is 11.3 Å². The van der Waals surface area contributed by atoms with Crippen molar-refractivity contribution in [1.82, 2.24) is 0 Å². The first-order valence-corrected chi connectivity index (χ1v) is 8.61. The summed E-state index contributed by atoms with van der Waals surface area (Å²) < 4.78 is 5.04. The maximum Gasteiger partial charge on any atom is 0.341 e. The Balaban J connectivity index is 2.27. The predicted molar refractivity (Wildman–Crippen MR) is 99.1 cm³/mol. The first-order chi connectivity index (χ1) is 11.9.